The van der Waals surface area contributed by atoms with Crippen LogP contribution in [0.3, 0.4) is 0 Å². The number of fused-ring (bicyclic) bond motifs is 1. The molecule has 5 nitrogen and oxygen atoms in total. The molecule has 0 N–H and O–H groups in total. The predicted octanol–water partition coefficient (Wildman–Crippen LogP) is 3.64. The number of carbonyl (C=O) groups is 1. The number of benzene rings is 2. The van der Waals surface area contributed by atoms with Gasteiger partial charge in [-0.2, -0.15) is 0 Å². The van der Waals surface area contributed by atoms with Gasteiger partial charge in [-0.1, -0.05) is 30.3 Å². The molecule has 1 atom stereocenters. The molecule has 0 bridgehead atoms. The summed E-state index contributed by atoms with van der Waals surface area (Å²) in [5.41, 5.74) is 2.75. The molecule has 0 aromatic heterocycles. The van der Waals surface area contributed by atoms with Crippen LogP contribution in [0.2, 0.25) is 0 Å². The van der Waals surface area contributed by atoms with E-state index in [0.29, 0.717) is 12.8 Å². The van der Waals surface area contributed by atoms with Crippen LogP contribution in [0.15, 0.2) is 48.5 Å². The Hall–Kier alpha value is -2.69. The van der Waals surface area contributed by atoms with Crippen LogP contribution in [-0.4, -0.2) is 10.8 Å². The first kappa shape index (κ1) is 14.3. The van der Waals surface area contributed by atoms with Crippen LogP contribution in [0.4, 0.5) is 11.4 Å². The highest BCUT2D eigenvalue weighted by Crippen LogP contribution is 2.36. The van der Waals surface area contributed by atoms with Gasteiger partial charge in [0.1, 0.15) is 0 Å². The number of rotatable bonds is 3. The second kappa shape index (κ2) is 5.60. The zero-order valence-corrected chi connectivity index (χ0v) is 12.2. The lowest BCUT2D eigenvalue weighted by Gasteiger charge is -2.34. The van der Waals surface area contributed by atoms with Gasteiger partial charge in [0.15, 0.2) is 0 Å². The summed E-state index contributed by atoms with van der Waals surface area (Å²) in [6.45, 7) is 1.98. The van der Waals surface area contributed by atoms with E-state index in [1.54, 1.807) is 17.0 Å². The van der Waals surface area contributed by atoms with Crippen LogP contribution in [-0.2, 0) is 11.2 Å². The van der Waals surface area contributed by atoms with Crippen molar-refractivity contribution in [2.24, 2.45) is 0 Å². The van der Waals surface area contributed by atoms with Gasteiger partial charge in [-0.15, -0.1) is 0 Å². The Balaban J connectivity index is 2.03. The first-order valence-electron chi connectivity index (χ1n) is 7.22. The molecule has 0 saturated carbocycles. The lowest BCUT2D eigenvalue weighted by Crippen LogP contribution is -2.37. The van der Waals surface area contributed by atoms with E-state index in [1.165, 1.54) is 6.07 Å². The Kier molecular flexibility index (Phi) is 3.63. The summed E-state index contributed by atoms with van der Waals surface area (Å²) in [6.07, 6.45) is 0.930. The van der Waals surface area contributed by atoms with E-state index in [2.05, 4.69) is 0 Å². The van der Waals surface area contributed by atoms with Gasteiger partial charge < -0.3 is 4.90 Å². The van der Waals surface area contributed by atoms with E-state index in [0.717, 1.165) is 16.8 Å². The zero-order chi connectivity index (χ0) is 15.7. The second-order valence-corrected chi connectivity index (χ2v) is 5.42. The fourth-order valence-corrected chi connectivity index (χ4v) is 2.92. The number of aryl methyl sites for hydroxylation is 1. The predicted molar refractivity (Wildman–Crippen MR) is 83.8 cm³/mol. The maximum Gasteiger partial charge on any atom is 0.269 e. The minimum Gasteiger partial charge on any atom is -0.305 e. The summed E-state index contributed by atoms with van der Waals surface area (Å²) >= 11 is 0. The van der Waals surface area contributed by atoms with Crippen molar-refractivity contribution >= 4 is 17.3 Å². The molecule has 0 aliphatic carbocycles. The lowest BCUT2D eigenvalue weighted by molar-refractivity contribution is -0.384. The van der Waals surface area contributed by atoms with Gasteiger partial charge in [0.25, 0.3) is 5.69 Å². The SMILES string of the molecule is C[C@H](c1ccccc1)N1C(=O)CCc2cc([N+](=O)[O-])ccc21. The Morgan fingerprint density at radius 3 is 2.55 bits per heavy atom. The number of hydrogen-bond acceptors (Lipinski definition) is 3. The average Bonchev–Trinajstić information content (AvgIpc) is 2.54. The molecule has 1 heterocycles. The molecule has 2 aromatic carbocycles. The van der Waals surface area contributed by atoms with Gasteiger partial charge in [-0.25, -0.2) is 0 Å². The molecular weight excluding hydrogens is 280 g/mol. The molecule has 5 heteroatoms. The van der Waals surface area contributed by atoms with Gasteiger partial charge in [0, 0.05) is 24.2 Å². The Labute approximate surface area is 128 Å². The normalized spacial score (nSPS) is 15.3. The van der Waals surface area contributed by atoms with Crippen molar-refractivity contribution in [2.45, 2.75) is 25.8 Å². The molecule has 1 aliphatic rings. The Bertz CT molecular complexity index is 728. The highest BCUT2D eigenvalue weighted by Gasteiger charge is 2.29. The monoisotopic (exact) mass is 296 g/mol. The van der Waals surface area contributed by atoms with Gasteiger partial charge in [-0.3, -0.25) is 14.9 Å². The highest BCUT2D eigenvalue weighted by molar-refractivity contribution is 5.97. The zero-order valence-electron chi connectivity index (χ0n) is 12.2. The summed E-state index contributed by atoms with van der Waals surface area (Å²) < 4.78 is 0. The number of carbonyl (C=O) groups excluding carboxylic acids is 1. The summed E-state index contributed by atoms with van der Waals surface area (Å²) in [5.74, 6) is 0.0534. The number of nitrogens with zero attached hydrogens (tertiary/aromatic N) is 2. The van der Waals surface area contributed by atoms with E-state index in [1.807, 2.05) is 37.3 Å². The molecule has 0 unspecified atom stereocenters. The molecule has 0 spiro atoms. The maximum atomic E-state index is 12.4. The van der Waals surface area contributed by atoms with E-state index in [-0.39, 0.29) is 17.6 Å². The van der Waals surface area contributed by atoms with Crippen molar-refractivity contribution in [2.75, 3.05) is 4.90 Å². The number of hydrogen-bond donors (Lipinski definition) is 0. The molecule has 1 amide bonds. The quantitative estimate of drug-likeness (QED) is 0.641. The molecule has 0 saturated heterocycles. The molecule has 3 rings (SSSR count). The molecule has 1 aliphatic heterocycles. The summed E-state index contributed by atoms with van der Waals surface area (Å²) in [7, 11) is 0. The summed E-state index contributed by atoms with van der Waals surface area (Å²) in [6, 6.07) is 14.4. The summed E-state index contributed by atoms with van der Waals surface area (Å²) in [5, 5.41) is 10.9. The number of amides is 1. The maximum absolute atomic E-state index is 12.4. The highest BCUT2D eigenvalue weighted by atomic mass is 16.6. The van der Waals surface area contributed by atoms with Crippen LogP contribution in [0.1, 0.15) is 30.5 Å². The number of non-ortho nitro benzene ring substituents is 1. The smallest absolute Gasteiger partial charge is 0.269 e. The first-order chi connectivity index (χ1) is 10.6. The van der Waals surface area contributed by atoms with Gasteiger partial charge in [0.05, 0.1) is 11.0 Å². The average molecular weight is 296 g/mol. The van der Waals surface area contributed by atoms with Gasteiger partial charge in [-0.05, 0) is 30.5 Å². The molecule has 112 valence electrons. The Morgan fingerprint density at radius 2 is 1.86 bits per heavy atom. The van der Waals surface area contributed by atoms with Crippen LogP contribution < -0.4 is 4.90 Å². The second-order valence-electron chi connectivity index (χ2n) is 5.42. The largest absolute Gasteiger partial charge is 0.305 e. The summed E-state index contributed by atoms with van der Waals surface area (Å²) in [4.78, 5) is 24.6. The minimum absolute atomic E-state index is 0.0534. The van der Waals surface area contributed by atoms with Gasteiger partial charge >= 0.3 is 0 Å². The molecule has 22 heavy (non-hydrogen) atoms. The number of nitro groups is 1. The van der Waals surface area contributed by atoms with Crippen molar-refractivity contribution in [3.8, 4) is 0 Å². The number of anilines is 1. The lowest BCUT2D eigenvalue weighted by atomic mass is 9.97. The van der Waals surface area contributed by atoms with Crippen LogP contribution in [0.25, 0.3) is 0 Å². The fraction of sp³-hybridized carbons (Fsp3) is 0.235. The Morgan fingerprint density at radius 1 is 1.14 bits per heavy atom. The van der Waals surface area contributed by atoms with Crippen molar-refractivity contribution in [1.82, 2.24) is 0 Å². The minimum atomic E-state index is -0.401. The van der Waals surface area contributed by atoms with E-state index in [9.17, 15) is 14.9 Å². The van der Waals surface area contributed by atoms with Crippen LogP contribution in [0.5, 0.6) is 0 Å². The van der Waals surface area contributed by atoms with E-state index in [4.69, 9.17) is 0 Å². The van der Waals surface area contributed by atoms with Crippen molar-refractivity contribution < 1.29 is 9.72 Å². The third kappa shape index (κ3) is 2.45. The van der Waals surface area contributed by atoms with Crippen LogP contribution >= 0.6 is 0 Å². The topological polar surface area (TPSA) is 63.5 Å². The van der Waals surface area contributed by atoms with E-state index < -0.39 is 4.92 Å². The first-order valence-corrected chi connectivity index (χ1v) is 7.22. The molecule has 2 aromatic rings. The standard InChI is InChI=1S/C17H16N2O3/c1-12(13-5-3-2-4-6-13)18-16-9-8-15(19(21)22)11-14(16)7-10-17(18)20/h2-6,8-9,11-12H,7,10H2,1H3/t12-/m1/s1. The third-order valence-electron chi connectivity index (χ3n) is 4.08. The number of nitro benzene ring substituents is 1. The fourth-order valence-electron chi connectivity index (χ4n) is 2.92. The third-order valence-corrected chi connectivity index (χ3v) is 4.08. The molecule has 0 fully saturated rings. The van der Waals surface area contributed by atoms with Crippen molar-refractivity contribution in [3.05, 3.63) is 69.8 Å². The van der Waals surface area contributed by atoms with E-state index >= 15 is 0 Å². The van der Waals surface area contributed by atoms with Crippen LogP contribution in [0, 0.1) is 10.1 Å². The van der Waals surface area contributed by atoms with Crippen molar-refractivity contribution in [3.63, 3.8) is 0 Å². The van der Waals surface area contributed by atoms with Gasteiger partial charge in [0.2, 0.25) is 5.91 Å². The van der Waals surface area contributed by atoms with Crippen molar-refractivity contribution in [1.29, 1.82) is 0 Å². The molecular formula is C17H16N2O3. The molecule has 0 radical (unpaired) electrons.